The number of nitrogens with one attached hydrogen (secondary N) is 3. The van der Waals surface area contributed by atoms with Crippen LogP contribution in [0, 0.1) is 5.82 Å². The zero-order valence-electron chi connectivity index (χ0n) is 17.7. The summed E-state index contributed by atoms with van der Waals surface area (Å²) >= 11 is 5.60. The van der Waals surface area contributed by atoms with Gasteiger partial charge < -0.3 is 20.7 Å². The number of piperidine rings is 1. The van der Waals surface area contributed by atoms with Crippen molar-refractivity contribution in [2.75, 3.05) is 13.2 Å². The molecule has 1 aromatic rings. The van der Waals surface area contributed by atoms with Crippen LogP contribution in [0.5, 0.6) is 5.75 Å². The molecule has 1 heterocycles. The van der Waals surface area contributed by atoms with E-state index in [0.717, 1.165) is 6.07 Å². The maximum absolute atomic E-state index is 13.4. The predicted molar refractivity (Wildman–Crippen MR) is 111 cm³/mol. The Labute approximate surface area is 193 Å². The fraction of sp³-hybridized carbons (Fsp3) is 0.619. The number of ether oxygens (including phenoxy) is 2. The molecule has 2 amide bonds. The van der Waals surface area contributed by atoms with E-state index in [4.69, 9.17) is 16.3 Å². The van der Waals surface area contributed by atoms with Crippen LogP contribution < -0.4 is 20.7 Å². The van der Waals surface area contributed by atoms with Gasteiger partial charge >= 0.3 is 6.36 Å². The Bertz CT molecular complexity index is 826. The molecule has 3 N–H and O–H groups in total. The fourth-order valence-corrected chi connectivity index (χ4v) is 4.12. The van der Waals surface area contributed by atoms with Crippen LogP contribution in [0.1, 0.15) is 38.5 Å². The number of carbonyl (C=O) groups excluding carboxylic acids is 2. The number of rotatable bonds is 7. The predicted octanol–water partition coefficient (Wildman–Crippen LogP) is 3.06. The molecule has 12 heteroatoms. The summed E-state index contributed by atoms with van der Waals surface area (Å²) in [7, 11) is 0. The Morgan fingerprint density at radius 2 is 1.76 bits per heavy atom. The summed E-state index contributed by atoms with van der Waals surface area (Å²) in [4.78, 5) is 24.6. The van der Waals surface area contributed by atoms with Crippen LogP contribution in [0.25, 0.3) is 0 Å². The number of halogens is 5. The van der Waals surface area contributed by atoms with E-state index in [0.29, 0.717) is 32.2 Å². The van der Waals surface area contributed by atoms with Gasteiger partial charge in [0.25, 0.3) is 5.91 Å². The van der Waals surface area contributed by atoms with Crippen LogP contribution in [0.3, 0.4) is 0 Å². The van der Waals surface area contributed by atoms with Crippen LogP contribution >= 0.6 is 11.6 Å². The molecule has 33 heavy (non-hydrogen) atoms. The lowest BCUT2D eigenvalue weighted by atomic mass is 9.92. The van der Waals surface area contributed by atoms with Gasteiger partial charge in [-0.25, -0.2) is 4.39 Å². The molecule has 2 aliphatic rings. The van der Waals surface area contributed by atoms with Crippen molar-refractivity contribution >= 4 is 23.4 Å². The molecule has 184 valence electrons. The minimum absolute atomic E-state index is 0.0400. The highest BCUT2D eigenvalue weighted by molar-refractivity contribution is 6.30. The second-order valence-electron chi connectivity index (χ2n) is 8.21. The first kappa shape index (κ1) is 25.5. The summed E-state index contributed by atoms with van der Waals surface area (Å²) in [5.74, 6) is -1.03. The highest BCUT2D eigenvalue weighted by Crippen LogP contribution is 2.28. The second kappa shape index (κ2) is 11.3. The average Bonchev–Trinajstić information content (AvgIpc) is 2.75. The quantitative estimate of drug-likeness (QED) is 0.506. The topological polar surface area (TPSA) is 88.7 Å². The number of alkyl halides is 3. The summed E-state index contributed by atoms with van der Waals surface area (Å²) < 4.78 is 59.6. The van der Waals surface area contributed by atoms with Gasteiger partial charge in [0.1, 0.15) is 11.6 Å². The highest BCUT2D eigenvalue weighted by atomic mass is 35.5. The smallest absolute Gasteiger partial charge is 0.484 e. The molecule has 1 aliphatic carbocycles. The van der Waals surface area contributed by atoms with Crippen molar-refractivity contribution in [2.24, 2.45) is 0 Å². The molecule has 0 spiro atoms. The molecule has 0 aromatic heterocycles. The summed E-state index contributed by atoms with van der Waals surface area (Å²) in [5.41, 5.74) is 0. The molecule has 0 bridgehead atoms. The summed E-state index contributed by atoms with van der Waals surface area (Å²) in [6.45, 7) is 0.0910. The SMILES string of the molecule is O=C(COc1ccc(Cl)c(F)c1)N[C@H]1CC[C@H](C(=O)NC2CCC(OC(F)(F)F)CC2)NC1. The molecular weight excluding hydrogens is 470 g/mol. The van der Waals surface area contributed by atoms with E-state index in [9.17, 15) is 27.2 Å². The molecule has 2 fully saturated rings. The van der Waals surface area contributed by atoms with Gasteiger partial charge in [-0.05, 0) is 50.7 Å². The van der Waals surface area contributed by atoms with Crippen molar-refractivity contribution in [2.45, 2.75) is 69.1 Å². The monoisotopic (exact) mass is 495 g/mol. The van der Waals surface area contributed by atoms with Gasteiger partial charge in [-0.3, -0.25) is 14.3 Å². The van der Waals surface area contributed by atoms with E-state index in [1.54, 1.807) is 0 Å². The molecule has 0 radical (unpaired) electrons. The molecule has 1 aliphatic heterocycles. The number of benzene rings is 1. The van der Waals surface area contributed by atoms with Gasteiger partial charge in [0, 0.05) is 24.7 Å². The normalized spacial score (nSPS) is 25.8. The Morgan fingerprint density at radius 1 is 1.06 bits per heavy atom. The standard InChI is InChI=1S/C21H26ClF4N3O4/c22-16-7-6-15(9-17(16)23)32-11-19(30)28-13-3-8-18(27-10-13)20(31)29-12-1-4-14(5-2-12)33-21(24,25)26/h6-7,9,12-14,18,27H,1-5,8,10-11H2,(H,28,30)(H,29,31)/t12?,13-,14?,18+/m0/s1. The lowest BCUT2D eigenvalue weighted by Gasteiger charge is -2.33. The Morgan fingerprint density at radius 3 is 2.36 bits per heavy atom. The summed E-state index contributed by atoms with van der Waals surface area (Å²) in [5, 5.41) is 8.73. The third-order valence-electron chi connectivity index (χ3n) is 5.68. The maximum Gasteiger partial charge on any atom is 0.522 e. The Kier molecular flexibility index (Phi) is 8.77. The van der Waals surface area contributed by atoms with Crippen molar-refractivity contribution in [3.05, 3.63) is 29.0 Å². The van der Waals surface area contributed by atoms with E-state index in [2.05, 4.69) is 20.7 Å². The Balaban J connectivity index is 1.32. The van der Waals surface area contributed by atoms with Crippen molar-refractivity contribution in [3.8, 4) is 5.75 Å². The molecule has 1 saturated carbocycles. The molecule has 0 unspecified atom stereocenters. The van der Waals surface area contributed by atoms with Gasteiger partial charge in [0.2, 0.25) is 5.91 Å². The average molecular weight is 496 g/mol. The molecule has 1 aromatic carbocycles. The zero-order valence-corrected chi connectivity index (χ0v) is 18.5. The molecule has 3 rings (SSSR count). The largest absolute Gasteiger partial charge is 0.522 e. The first-order chi connectivity index (χ1) is 15.6. The van der Waals surface area contributed by atoms with Gasteiger partial charge in [-0.2, -0.15) is 0 Å². The van der Waals surface area contributed by atoms with Crippen LogP contribution in [0.15, 0.2) is 18.2 Å². The summed E-state index contributed by atoms with van der Waals surface area (Å²) in [6.07, 6.45) is -3.12. The Hall–Kier alpha value is -2.11. The van der Waals surface area contributed by atoms with Crippen molar-refractivity contribution < 1.29 is 36.6 Å². The first-order valence-corrected chi connectivity index (χ1v) is 11.1. The molecule has 2 atom stereocenters. The van der Waals surface area contributed by atoms with Crippen molar-refractivity contribution in [1.29, 1.82) is 0 Å². The van der Waals surface area contributed by atoms with Crippen LogP contribution in [0.2, 0.25) is 5.02 Å². The number of amides is 2. The molecular formula is C21H26ClF4N3O4. The minimum atomic E-state index is -4.64. The van der Waals surface area contributed by atoms with Gasteiger partial charge in [-0.1, -0.05) is 11.6 Å². The van der Waals surface area contributed by atoms with Gasteiger partial charge in [0.15, 0.2) is 6.61 Å². The number of hydrogen-bond acceptors (Lipinski definition) is 5. The minimum Gasteiger partial charge on any atom is -0.484 e. The van der Waals surface area contributed by atoms with E-state index in [1.165, 1.54) is 12.1 Å². The van der Waals surface area contributed by atoms with Crippen LogP contribution in [-0.4, -0.2) is 55.6 Å². The zero-order chi connectivity index (χ0) is 24.0. The van der Waals surface area contributed by atoms with Crippen LogP contribution in [0.4, 0.5) is 17.6 Å². The third-order valence-corrected chi connectivity index (χ3v) is 5.98. The summed E-state index contributed by atoms with van der Waals surface area (Å²) in [6, 6.07) is 3.08. The third kappa shape index (κ3) is 8.31. The highest BCUT2D eigenvalue weighted by Gasteiger charge is 2.36. The number of hydrogen-bond donors (Lipinski definition) is 3. The molecule has 1 saturated heterocycles. The van der Waals surface area contributed by atoms with E-state index < -0.39 is 24.3 Å². The van der Waals surface area contributed by atoms with E-state index in [-0.39, 0.29) is 54.1 Å². The van der Waals surface area contributed by atoms with Crippen molar-refractivity contribution in [3.63, 3.8) is 0 Å². The number of carbonyl (C=O) groups is 2. The van der Waals surface area contributed by atoms with E-state index in [1.807, 2.05) is 0 Å². The lowest BCUT2D eigenvalue weighted by Crippen LogP contribution is -2.56. The maximum atomic E-state index is 13.4. The van der Waals surface area contributed by atoms with E-state index >= 15 is 0 Å². The van der Waals surface area contributed by atoms with Crippen LogP contribution in [-0.2, 0) is 14.3 Å². The van der Waals surface area contributed by atoms with Crippen molar-refractivity contribution in [1.82, 2.24) is 16.0 Å². The fourth-order valence-electron chi connectivity index (χ4n) is 4.00. The molecule has 7 nitrogen and oxygen atoms in total. The second-order valence-corrected chi connectivity index (χ2v) is 8.62. The lowest BCUT2D eigenvalue weighted by molar-refractivity contribution is -0.345. The first-order valence-electron chi connectivity index (χ1n) is 10.7. The van der Waals surface area contributed by atoms with Gasteiger partial charge in [-0.15, -0.1) is 13.2 Å². The van der Waals surface area contributed by atoms with Gasteiger partial charge in [0.05, 0.1) is 17.2 Å².